The number of pyridine rings is 1. The van der Waals surface area contributed by atoms with Gasteiger partial charge in [-0.1, -0.05) is 29.3 Å². The summed E-state index contributed by atoms with van der Waals surface area (Å²) >= 11 is 11.9. The van der Waals surface area contributed by atoms with Gasteiger partial charge in [0.25, 0.3) is 5.91 Å². The van der Waals surface area contributed by atoms with E-state index in [1.807, 2.05) is 13.0 Å². The van der Waals surface area contributed by atoms with E-state index in [4.69, 9.17) is 23.2 Å². The molecular formula is C17H17Cl2N3O3S. The summed E-state index contributed by atoms with van der Waals surface area (Å²) in [5, 5.41) is 0.421. The highest BCUT2D eigenvalue weighted by Crippen LogP contribution is 2.28. The number of carbonyl (C=O) groups excluding carboxylic acids is 1. The van der Waals surface area contributed by atoms with Crippen molar-refractivity contribution in [2.45, 2.75) is 11.8 Å². The molecule has 1 aliphatic rings. The highest BCUT2D eigenvalue weighted by Gasteiger charge is 2.32. The Bertz CT molecular complexity index is 942. The molecule has 0 atom stereocenters. The molecule has 1 amide bonds. The lowest BCUT2D eigenvalue weighted by Crippen LogP contribution is -2.50. The molecule has 1 saturated heterocycles. The Morgan fingerprint density at radius 2 is 1.77 bits per heavy atom. The average Bonchev–Trinajstić information content (AvgIpc) is 2.63. The van der Waals surface area contributed by atoms with Gasteiger partial charge in [-0.15, -0.1) is 0 Å². The van der Waals surface area contributed by atoms with Gasteiger partial charge in [0.2, 0.25) is 10.0 Å². The molecule has 2 heterocycles. The van der Waals surface area contributed by atoms with Gasteiger partial charge in [0, 0.05) is 36.9 Å². The minimum Gasteiger partial charge on any atom is -0.335 e. The Morgan fingerprint density at radius 3 is 2.42 bits per heavy atom. The van der Waals surface area contributed by atoms with Crippen molar-refractivity contribution in [2.75, 3.05) is 26.2 Å². The molecule has 9 heteroatoms. The molecule has 1 aromatic carbocycles. The molecule has 0 spiro atoms. The van der Waals surface area contributed by atoms with Gasteiger partial charge in [0.05, 0.1) is 5.02 Å². The van der Waals surface area contributed by atoms with Crippen LogP contribution in [0.15, 0.2) is 41.3 Å². The smallest absolute Gasteiger partial charge is 0.272 e. The number of halogens is 2. The number of amides is 1. The first-order valence-electron chi connectivity index (χ1n) is 7.97. The van der Waals surface area contributed by atoms with Gasteiger partial charge < -0.3 is 4.90 Å². The SMILES string of the molecule is Cc1cccc(C(=O)N2CCN(S(=O)(=O)c3cc(Cl)ccc3Cl)CC2)n1. The molecule has 0 radical (unpaired) electrons. The van der Waals surface area contributed by atoms with Crippen LogP contribution < -0.4 is 0 Å². The molecule has 1 fully saturated rings. The fourth-order valence-corrected chi connectivity index (χ4v) is 4.93. The minimum atomic E-state index is -3.77. The molecule has 0 unspecified atom stereocenters. The number of piperazine rings is 1. The van der Waals surface area contributed by atoms with Crippen molar-refractivity contribution in [3.8, 4) is 0 Å². The number of aryl methyl sites for hydroxylation is 1. The number of hydrogen-bond acceptors (Lipinski definition) is 4. The van der Waals surface area contributed by atoms with Crippen molar-refractivity contribution >= 4 is 39.1 Å². The zero-order valence-corrected chi connectivity index (χ0v) is 16.4. The van der Waals surface area contributed by atoms with Crippen molar-refractivity contribution in [3.63, 3.8) is 0 Å². The predicted molar refractivity (Wildman–Crippen MR) is 100 cm³/mol. The van der Waals surface area contributed by atoms with Gasteiger partial charge in [0.1, 0.15) is 10.6 Å². The number of rotatable bonds is 3. The fourth-order valence-electron chi connectivity index (χ4n) is 2.77. The van der Waals surface area contributed by atoms with Crippen LogP contribution in [0.4, 0.5) is 0 Å². The number of carbonyl (C=O) groups is 1. The highest BCUT2D eigenvalue weighted by atomic mass is 35.5. The largest absolute Gasteiger partial charge is 0.335 e. The van der Waals surface area contributed by atoms with E-state index in [9.17, 15) is 13.2 Å². The van der Waals surface area contributed by atoms with Crippen molar-refractivity contribution < 1.29 is 13.2 Å². The van der Waals surface area contributed by atoms with E-state index in [-0.39, 0.29) is 42.0 Å². The van der Waals surface area contributed by atoms with Crippen LogP contribution >= 0.6 is 23.2 Å². The maximum Gasteiger partial charge on any atom is 0.272 e. The molecule has 1 aliphatic heterocycles. The third-order valence-corrected chi connectivity index (χ3v) is 6.76. The van der Waals surface area contributed by atoms with Crippen LogP contribution in [0, 0.1) is 6.92 Å². The van der Waals surface area contributed by atoms with Gasteiger partial charge in [-0.05, 0) is 37.3 Å². The number of benzene rings is 1. The van der Waals surface area contributed by atoms with E-state index in [1.165, 1.54) is 22.5 Å². The number of sulfonamides is 1. The summed E-state index contributed by atoms with van der Waals surface area (Å²) in [6.45, 7) is 2.75. The molecule has 0 aliphatic carbocycles. The highest BCUT2D eigenvalue weighted by molar-refractivity contribution is 7.89. The normalized spacial score (nSPS) is 15.9. The van der Waals surface area contributed by atoms with Crippen LogP contribution in [0.5, 0.6) is 0 Å². The lowest BCUT2D eigenvalue weighted by atomic mass is 10.2. The zero-order valence-electron chi connectivity index (χ0n) is 14.0. The van der Waals surface area contributed by atoms with Crippen LogP contribution in [0.2, 0.25) is 10.0 Å². The Morgan fingerprint density at radius 1 is 1.08 bits per heavy atom. The third kappa shape index (κ3) is 3.86. The standard InChI is InChI=1S/C17H17Cl2N3O3S/c1-12-3-2-4-15(20-12)17(23)21-7-9-22(10-8-21)26(24,25)16-11-13(18)5-6-14(16)19/h2-6,11H,7-10H2,1H3. The molecule has 1 aromatic heterocycles. The molecule has 0 saturated carbocycles. The predicted octanol–water partition coefficient (Wildman–Crippen LogP) is 2.84. The summed E-state index contributed by atoms with van der Waals surface area (Å²) in [6.07, 6.45) is 0. The first-order valence-corrected chi connectivity index (χ1v) is 10.2. The summed E-state index contributed by atoms with van der Waals surface area (Å²) < 4.78 is 27.0. The van der Waals surface area contributed by atoms with Crippen molar-refractivity contribution in [3.05, 3.63) is 57.8 Å². The van der Waals surface area contributed by atoms with Crippen molar-refractivity contribution in [2.24, 2.45) is 0 Å². The Balaban J connectivity index is 1.74. The zero-order chi connectivity index (χ0) is 18.9. The summed E-state index contributed by atoms with van der Waals surface area (Å²) in [4.78, 5) is 18.3. The average molecular weight is 414 g/mol. The molecule has 6 nitrogen and oxygen atoms in total. The Hall–Kier alpha value is -1.67. The molecule has 2 aromatic rings. The second-order valence-corrected chi connectivity index (χ2v) is 8.69. The fraction of sp³-hybridized carbons (Fsp3) is 0.294. The lowest BCUT2D eigenvalue weighted by molar-refractivity contribution is 0.0691. The molecule has 3 rings (SSSR count). The number of hydrogen-bond donors (Lipinski definition) is 0. The number of aromatic nitrogens is 1. The van der Waals surface area contributed by atoms with E-state index in [1.54, 1.807) is 17.0 Å². The second kappa shape index (κ2) is 7.52. The van der Waals surface area contributed by atoms with Crippen LogP contribution in [0.25, 0.3) is 0 Å². The lowest BCUT2D eigenvalue weighted by Gasteiger charge is -2.34. The molecular weight excluding hydrogens is 397 g/mol. The third-order valence-electron chi connectivity index (χ3n) is 4.14. The first kappa shape index (κ1) is 19.1. The van der Waals surface area contributed by atoms with Crippen molar-refractivity contribution in [1.82, 2.24) is 14.2 Å². The summed E-state index contributed by atoms with van der Waals surface area (Å²) in [7, 11) is -3.77. The van der Waals surface area contributed by atoms with E-state index < -0.39 is 10.0 Å². The van der Waals surface area contributed by atoms with Gasteiger partial charge in [0.15, 0.2) is 0 Å². The summed E-state index contributed by atoms with van der Waals surface area (Å²) in [5.74, 6) is -0.202. The second-order valence-electron chi connectivity index (χ2n) is 5.94. The topological polar surface area (TPSA) is 70.6 Å². The summed E-state index contributed by atoms with van der Waals surface area (Å²) in [6, 6.07) is 9.58. The van der Waals surface area contributed by atoms with E-state index in [2.05, 4.69) is 4.98 Å². The van der Waals surface area contributed by atoms with Crippen LogP contribution in [-0.2, 0) is 10.0 Å². The van der Waals surface area contributed by atoms with E-state index >= 15 is 0 Å². The maximum absolute atomic E-state index is 12.8. The Kier molecular flexibility index (Phi) is 5.53. The number of nitrogens with zero attached hydrogens (tertiary/aromatic N) is 3. The molecule has 0 bridgehead atoms. The van der Waals surface area contributed by atoms with Crippen molar-refractivity contribution in [1.29, 1.82) is 0 Å². The van der Waals surface area contributed by atoms with Crippen LogP contribution in [-0.4, -0.2) is 54.7 Å². The van der Waals surface area contributed by atoms with Crippen LogP contribution in [0.3, 0.4) is 0 Å². The van der Waals surface area contributed by atoms with Gasteiger partial charge in [-0.3, -0.25) is 4.79 Å². The first-order chi connectivity index (χ1) is 12.3. The minimum absolute atomic E-state index is 0.0215. The molecule has 26 heavy (non-hydrogen) atoms. The van der Waals surface area contributed by atoms with Crippen LogP contribution in [0.1, 0.15) is 16.2 Å². The summed E-state index contributed by atoms with van der Waals surface area (Å²) in [5.41, 5.74) is 1.12. The monoisotopic (exact) mass is 413 g/mol. The Labute approximate surface area is 162 Å². The molecule has 138 valence electrons. The van der Waals surface area contributed by atoms with Gasteiger partial charge >= 0.3 is 0 Å². The van der Waals surface area contributed by atoms with E-state index in [0.29, 0.717) is 10.7 Å². The van der Waals surface area contributed by atoms with Gasteiger partial charge in [-0.25, -0.2) is 13.4 Å². The van der Waals surface area contributed by atoms with Gasteiger partial charge in [-0.2, -0.15) is 4.31 Å². The molecule has 0 N–H and O–H groups in total. The maximum atomic E-state index is 12.8. The quantitative estimate of drug-likeness (QED) is 0.775. The van der Waals surface area contributed by atoms with E-state index in [0.717, 1.165) is 5.69 Å².